The smallest absolute Gasteiger partial charge is 0.406 e. The van der Waals surface area contributed by atoms with E-state index in [2.05, 4.69) is 16.4 Å². The molecule has 1 amide bonds. The van der Waals surface area contributed by atoms with Gasteiger partial charge in [0.2, 0.25) is 0 Å². The Bertz CT molecular complexity index is 904. The third-order valence-electron chi connectivity index (χ3n) is 4.44. The van der Waals surface area contributed by atoms with Crippen molar-refractivity contribution in [3.63, 3.8) is 0 Å². The average molecular weight is 354 g/mol. The maximum Gasteiger partial charge on any atom is 0.406 e. The molecule has 0 aliphatic carbocycles. The molecule has 0 radical (unpaired) electrons. The molecule has 26 heavy (non-hydrogen) atoms. The average Bonchev–Trinajstić information content (AvgIpc) is 3.11. The number of methoxy groups -OCH3 is 3. The fourth-order valence-electron chi connectivity index (χ4n) is 3.21. The van der Waals surface area contributed by atoms with Crippen molar-refractivity contribution < 1.29 is 19.0 Å². The highest BCUT2D eigenvalue weighted by Crippen LogP contribution is 2.40. The van der Waals surface area contributed by atoms with Crippen LogP contribution in [-0.2, 0) is 4.74 Å². The minimum atomic E-state index is -0.475. The van der Waals surface area contributed by atoms with Crippen LogP contribution in [0.15, 0.2) is 48.7 Å². The Hall–Kier alpha value is -3.15. The van der Waals surface area contributed by atoms with Gasteiger partial charge in [-0.1, -0.05) is 30.3 Å². The van der Waals surface area contributed by atoms with Crippen LogP contribution >= 0.6 is 0 Å². The second-order valence-electron chi connectivity index (χ2n) is 5.80. The Morgan fingerprint density at radius 3 is 2.58 bits per heavy atom. The molecule has 1 unspecified atom stereocenters. The first-order chi connectivity index (χ1) is 12.7. The fraction of sp³-hybridized carbons (Fsp3) is 0.250. The summed E-state index contributed by atoms with van der Waals surface area (Å²) in [5.41, 5.74) is 3.02. The molecule has 1 atom stereocenters. The monoisotopic (exact) mass is 354 g/mol. The van der Waals surface area contributed by atoms with Crippen LogP contribution in [0, 0.1) is 0 Å². The van der Waals surface area contributed by atoms with E-state index in [0.29, 0.717) is 18.0 Å². The number of H-pyrrole nitrogens is 1. The van der Waals surface area contributed by atoms with Gasteiger partial charge in [-0.05, 0) is 17.7 Å². The minimum absolute atomic E-state index is 0.143. The molecular weight excluding hydrogens is 332 g/mol. The summed E-state index contributed by atoms with van der Waals surface area (Å²) in [7, 11) is 4.57. The van der Waals surface area contributed by atoms with Crippen LogP contribution in [0.5, 0.6) is 11.5 Å². The zero-order chi connectivity index (χ0) is 18.5. The predicted octanol–water partition coefficient (Wildman–Crippen LogP) is 3.67. The van der Waals surface area contributed by atoms with Gasteiger partial charge in [0.05, 0.1) is 21.3 Å². The Morgan fingerprint density at radius 1 is 1.04 bits per heavy atom. The highest BCUT2D eigenvalue weighted by Gasteiger charge is 2.24. The highest BCUT2D eigenvalue weighted by molar-refractivity contribution is 5.84. The summed E-state index contributed by atoms with van der Waals surface area (Å²) in [6, 6.07) is 13.8. The summed E-state index contributed by atoms with van der Waals surface area (Å²) in [5, 5.41) is 3.89. The van der Waals surface area contributed by atoms with E-state index in [9.17, 15) is 4.79 Å². The Kier molecular flexibility index (Phi) is 5.31. The molecular formula is C20H22N2O4. The van der Waals surface area contributed by atoms with E-state index >= 15 is 0 Å². The Labute approximate surface area is 152 Å². The van der Waals surface area contributed by atoms with Gasteiger partial charge in [0.15, 0.2) is 11.5 Å². The van der Waals surface area contributed by atoms with Gasteiger partial charge in [0.1, 0.15) is 0 Å². The second kappa shape index (κ2) is 7.82. The third kappa shape index (κ3) is 3.31. The van der Waals surface area contributed by atoms with Crippen LogP contribution in [0.25, 0.3) is 10.9 Å². The molecule has 3 rings (SSSR count). The van der Waals surface area contributed by atoms with E-state index < -0.39 is 6.09 Å². The zero-order valence-corrected chi connectivity index (χ0v) is 15.0. The largest absolute Gasteiger partial charge is 0.493 e. The van der Waals surface area contributed by atoms with Gasteiger partial charge in [-0.3, -0.25) is 0 Å². The molecule has 6 heteroatoms. The van der Waals surface area contributed by atoms with Crippen molar-refractivity contribution in [3.05, 3.63) is 59.8 Å². The van der Waals surface area contributed by atoms with E-state index in [4.69, 9.17) is 14.2 Å². The van der Waals surface area contributed by atoms with Gasteiger partial charge in [-0.15, -0.1) is 0 Å². The van der Waals surface area contributed by atoms with Crippen LogP contribution in [-0.4, -0.2) is 39.0 Å². The summed E-state index contributed by atoms with van der Waals surface area (Å²) in [6.07, 6.45) is 1.49. The van der Waals surface area contributed by atoms with Gasteiger partial charge >= 0.3 is 6.09 Å². The van der Waals surface area contributed by atoms with Crippen molar-refractivity contribution in [1.29, 1.82) is 0 Å². The number of carbonyl (C=O) groups is 1. The molecule has 6 nitrogen and oxygen atoms in total. The molecule has 0 aliphatic heterocycles. The molecule has 0 saturated heterocycles. The molecule has 2 aromatic carbocycles. The number of aromatic amines is 1. The number of alkyl carbamates (subject to hydrolysis) is 1. The number of nitrogens with one attached hydrogen (secondary N) is 2. The topological polar surface area (TPSA) is 72.6 Å². The molecule has 136 valence electrons. The molecule has 1 aromatic heterocycles. The number of hydrogen-bond donors (Lipinski definition) is 2. The number of fused-ring (bicyclic) bond motifs is 1. The van der Waals surface area contributed by atoms with E-state index in [1.165, 1.54) is 7.11 Å². The van der Waals surface area contributed by atoms with Crippen molar-refractivity contribution in [2.75, 3.05) is 27.9 Å². The molecule has 0 saturated carbocycles. The lowest BCUT2D eigenvalue weighted by Crippen LogP contribution is -2.28. The summed E-state index contributed by atoms with van der Waals surface area (Å²) in [6.45, 7) is 0.359. The summed E-state index contributed by atoms with van der Waals surface area (Å²) >= 11 is 0. The van der Waals surface area contributed by atoms with Crippen LogP contribution < -0.4 is 14.8 Å². The molecule has 0 aliphatic rings. The number of aromatic nitrogens is 1. The number of carbonyl (C=O) groups excluding carboxylic acids is 1. The fourth-order valence-corrected chi connectivity index (χ4v) is 3.21. The Morgan fingerprint density at radius 2 is 1.85 bits per heavy atom. The summed E-state index contributed by atoms with van der Waals surface area (Å²) < 4.78 is 15.8. The van der Waals surface area contributed by atoms with Crippen LogP contribution in [0.3, 0.4) is 0 Å². The van der Waals surface area contributed by atoms with Crippen molar-refractivity contribution >= 4 is 17.0 Å². The van der Waals surface area contributed by atoms with Crippen molar-refractivity contribution in [2.45, 2.75) is 5.92 Å². The number of rotatable bonds is 6. The maximum atomic E-state index is 11.7. The van der Waals surface area contributed by atoms with Gasteiger partial charge in [-0.25, -0.2) is 4.79 Å². The lowest BCUT2D eigenvalue weighted by atomic mass is 9.90. The van der Waals surface area contributed by atoms with Crippen molar-refractivity contribution in [3.8, 4) is 11.5 Å². The molecule has 2 N–H and O–H groups in total. The lowest BCUT2D eigenvalue weighted by molar-refractivity contribution is 0.170. The second-order valence-corrected chi connectivity index (χ2v) is 5.80. The van der Waals surface area contributed by atoms with E-state index in [0.717, 1.165) is 22.0 Å². The number of para-hydroxylation sites is 2. The Balaban J connectivity index is 2.11. The first kappa shape index (κ1) is 17.7. The van der Waals surface area contributed by atoms with Gasteiger partial charge in [0.25, 0.3) is 0 Å². The number of benzene rings is 2. The first-order valence-electron chi connectivity index (χ1n) is 8.28. The number of hydrogen-bond acceptors (Lipinski definition) is 4. The van der Waals surface area contributed by atoms with Crippen LogP contribution in [0.4, 0.5) is 4.79 Å². The molecule has 1 heterocycles. The van der Waals surface area contributed by atoms with Gasteiger partial charge < -0.3 is 24.5 Å². The standard InChI is InChI=1S/C20H22N2O4/c1-24-18-10-6-8-14(19(18)25-2)16(12-22-20(23)26-3)15-11-21-17-9-5-4-7-13(15)17/h4-11,16,21H,12H2,1-3H3,(H,22,23). The van der Waals surface area contributed by atoms with Crippen LogP contribution in [0.2, 0.25) is 0 Å². The van der Waals surface area contributed by atoms with Crippen molar-refractivity contribution in [2.24, 2.45) is 0 Å². The molecule has 0 spiro atoms. The normalized spacial score (nSPS) is 11.8. The van der Waals surface area contributed by atoms with Gasteiger partial charge in [-0.2, -0.15) is 0 Å². The predicted molar refractivity (Wildman–Crippen MR) is 100 cm³/mol. The van der Waals surface area contributed by atoms with E-state index in [1.807, 2.05) is 42.6 Å². The molecule has 0 fully saturated rings. The first-order valence-corrected chi connectivity index (χ1v) is 8.28. The minimum Gasteiger partial charge on any atom is -0.493 e. The summed E-state index contributed by atoms with van der Waals surface area (Å²) in [4.78, 5) is 15.0. The van der Waals surface area contributed by atoms with E-state index in [-0.39, 0.29) is 5.92 Å². The quantitative estimate of drug-likeness (QED) is 0.708. The number of amides is 1. The van der Waals surface area contributed by atoms with E-state index in [1.54, 1.807) is 14.2 Å². The third-order valence-corrected chi connectivity index (χ3v) is 4.44. The molecule has 3 aromatic rings. The van der Waals surface area contributed by atoms with Gasteiger partial charge in [0, 0.05) is 35.1 Å². The summed E-state index contributed by atoms with van der Waals surface area (Å²) in [5.74, 6) is 1.15. The number of ether oxygens (including phenoxy) is 3. The SMILES string of the molecule is COC(=O)NCC(c1cccc(OC)c1OC)c1c[nH]c2ccccc12. The van der Waals surface area contributed by atoms with Crippen molar-refractivity contribution in [1.82, 2.24) is 10.3 Å². The highest BCUT2D eigenvalue weighted by atomic mass is 16.5. The maximum absolute atomic E-state index is 11.7. The lowest BCUT2D eigenvalue weighted by Gasteiger charge is -2.21. The van der Waals surface area contributed by atoms with Crippen LogP contribution in [0.1, 0.15) is 17.0 Å². The molecule has 0 bridgehead atoms. The zero-order valence-electron chi connectivity index (χ0n) is 15.0.